The molecule has 0 radical (unpaired) electrons. The summed E-state index contributed by atoms with van der Waals surface area (Å²) in [5.74, 6) is 0.646. The van der Waals surface area contributed by atoms with Gasteiger partial charge in [0.1, 0.15) is 6.29 Å². The molecule has 22 heavy (non-hydrogen) atoms. The van der Waals surface area contributed by atoms with Crippen LogP contribution in [0, 0.1) is 0 Å². The highest BCUT2D eigenvalue weighted by atomic mass is 16.5. The Hall–Kier alpha value is -2.82. The van der Waals surface area contributed by atoms with E-state index in [1.165, 1.54) is 27.4 Å². The number of benzene rings is 1. The molecule has 0 saturated heterocycles. The smallest absolute Gasteiger partial charge is 0.224 e. The van der Waals surface area contributed by atoms with Crippen molar-refractivity contribution in [2.24, 2.45) is 0 Å². The Bertz CT molecular complexity index is 752. The molecule has 0 saturated carbocycles. The van der Waals surface area contributed by atoms with Crippen molar-refractivity contribution >= 4 is 6.29 Å². The predicted octanol–water partition coefficient (Wildman–Crippen LogP) is 2.55. The lowest BCUT2D eigenvalue weighted by atomic mass is 10.0. The molecule has 5 heteroatoms. The number of carbonyl (C=O) groups excluding carboxylic acids is 1. The van der Waals surface area contributed by atoms with E-state index in [9.17, 15) is 9.59 Å². The molecule has 2 aromatic carbocycles. The molecule has 114 valence electrons. The molecular formula is C17H16O5. The quantitative estimate of drug-likeness (QED) is 0.794. The third-order valence-electron chi connectivity index (χ3n) is 3.23. The number of methoxy groups -OCH3 is 3. The standard InChI is InChI=1S/C17H16O5/c1-20-15-13(12-6-4-5-11(9-12)10-18)7-8-14(19)16(21-2)17(15)22-3/h4-10H,1-3H3. The number of ether oxygens (including phenoxy) is 3. The minimum Gasteiger partial charge on any atom is -0.492 e. The Morgan fingerprint density at radius 1 is 0.864 bits per heavy atom. The highest BCUT2D eigenvalue weighted by molar-refractivity contribution is 5.81. The first kappa shape index (κ1) is 15.6. The van der Waals surface area contributed by atoms with Crippen molar-refractivity contribution in [3.05, 3.63) is 52.2 Å². The maximum atomic E-state index is 12.1. The van der Waals surface area contributed by atoms with E-state index in [0.29, 0.717) is 16.9 Å². The maximum Gasteiger partial charge on any atom is 0.224 e. The molecule has 0 atom stereocenters. The third-order valence-corrected chi connectivity index (χ3v) is 3.23. The van der Waals surface area contributed by atoms with Crippen molar-refractivity contribution in [1.29, 1.82) is 0 Å². The second-order valence-corrected chi connectivity index (χ2v) is 4.45. The summed E-state index contributed by atoms with van der Waals surface area (Å²) in [6.07, 6.45) is 0.760. The Kier molecular flexibility index (Phi) is 4.78. The Labute approximate surface area is 128 Å². The van der Waals surface area contributed by atoms with Gasteiger partial charge in [0.05, 0.1) is 21.3 Å². The second kappa shape index (κ2) is 6.76. The minimum atomic E-state index is -0.324. The van der Waals surface area contributed by atoms with E-state index in [4.69, 9.17) is 14.2 Å². The van der Waals surface area contributed by atoms with Gasteiger partial charge < -0.3 is 14.2 Å². The molecule has 0 aliphatic heterocycles. The van der Waals surface area contributed by atoms with Crippen LogP contribution in [-0.2, 0) is 0 Å². The fourth-order valence-corrected chi connectivity index (χ4v) is 2.24. The van der Waals surface area contributed by atoms with E-state index in [1.807, 2.05) is 6.07 Å². The van der Waals surface area contributed by atoms with E-state index in [-0.39, 0.29) is 16.9 Å². The van der Waals surface area contributed by atoms with Crippen molar-refractivity contribution < 1.29 is 19.0 Å². The van der Waals surface area contributed by atoms with Gasteiger partial charge in [-0.1, -0.05) is 18.2 Å². The Morgan fingerprint density at radius 3 is 2.14 bits per heavy atom. The molecule has 5 nitrogen and oxygen atoms in total. The van der Waals surface area contributed by atoms with Gasteiger partial charge in [-0.25, -0.2) is 0 Å². The van der Waals surface area contributed by atoms with Gasteiger partial charge in [-0.2, -0.15) is 0 Å². The zero-order chi connectivity index (χ0) is 16.1. The molecule has 2 aromatic rings. The van der Waals surface area contributed by atoms with Crippen LogP contribution in [0.3, 0.4) is 0 Å². The van der Waals surface area contributed by atoms with Crippen LogP contribution >= 0.6 is 0 Å². The molecule has 0 N–H and O–H groups in total. The molecule has 2 rings (SSSR count). The molecule has 0 bridgehead atoms. The van der Waals surface area contributed by atoms with Crippen LogP contribution in [0.5, 0.6) is 17.2 Å². The summed E-state index contributed by atoms with van der Waals surface area (Å²) in [6, 6.07) is 9.99. The molecule has 0 aliphatic carbocycles. The van der Waals surface area contributed by atoms with Crippen LogP contribution in [0.1, 0.15) is 10.4 Å². The van der Waals surface area contributed by atoms with Gasteiger partial charge in [0.15, 0.2) is 5.75 Å². The van der Waals surface area contributed by atoms with Crippen LogP contribution in [0.25, 0.3) is 11.1 Å². The van der Waals surface area contributed by atoms with E-state index in [2.05, 4.69) is 0 Å². The van der Waals surface area contributed by atoms with Gasteiger partial charge in [-0.15, -0.1) is 0 Å². The molecular weight excluding hydrogens is 284 g/mol. The fourth-order valence-electron chi connectivity index (χ4n) is 2.24. The van der Waals surface area contributed by atoms with Crippen molar-refractivity contribution in [2.45, 2.75) is 0 Å². The molecule has 0 aromatic heterocycles. The SMILES string of the molecule is COc1c(-c2cccc(C=O)c2)ccc(=O)c(OC)c1OC. The third kappa shape index (κ3) is 2.79. The van der Waals surface area contributed by atoms with E-state index in [0.717, 1.165) is 11.8 Å². The van der Waals surface area contributed by atoms with Gasteiger partial charge in [-0.05, 0) is 23.8 Å². The number of hydrogen-bond acceptors (Lipinski definition) is 5. The molecule has 0 fully saturated rings. The summed E-state index contributed by atoms with van der Waals surface area (Å²) in [4.78, 5) is 23.0. The minimum absolute atomic E-state index is 0.0668. The zero-order valence-corrected chi connectivity index (χ0v) is 12.6. The highest BCUT2D eigenvalue weighted by Crippen LogP contribution is 2.40. The first-order valence-corrected chi connectivity index (χ1v) is 6.55. The van der Waals surface area contributed by atoms with Crippen LogP contribution in [0.2, 0.25) is 0 Å². The average Bonchev–Trinajstić information content (AvgIpc) is 2.70. The van der Waals surface area contributed by atoms with E-state index < -0.39 is 0 Å². The van der Waals surface area contributed by atoms with Crippen molar-refractivity contribution in [3.8, 4) is 28.4 Å². The number of carbonyl (C=O) groups is 1. The summed E-state index contributed by atoms with van der Waals surface area (Å²) in [5.41, 5.74) is 1.57. The van der Waals surface area contributed by atoms with E-state index in [1.54, 1.807) is 24.3 Å². The summed E-state index contributed by atoms with van der Waals surface area (Å²) in [5, 5.41) is 0. The van der Waals surface area contributed by atoms with Crippen LogP contribution in [-0.4, -0.2) is 27.6 Å². The summed E-state index contributed by atoms with van der Waals surface area (Å²) in [7, 11) is 4.31. The average molecular weight is 300 g/mol. The van der Waals surface area contributed by atoms with Crippen molar-refractivity contribution in [1.82, 2.24) is 0 Å². The lowest BCUT2D eigenvalue weighted by molar-refractivity contribution is 0.112. The number of hydrogen-bond donors (Lipinski definition) is 0. The fraction of sp³-hybridized carbons (Fsp3) is 0.176. The molecule has 0 spiro atoms. The first-order valence-electron chi connectivity index (χ1n) is 6.55. The van der Waals surface area contributed by atoms with Gasteiger partial charge in [0, 0.05) is 11.1 Å². The maximum absolute atomic E-state index is 12.1. The van der Waals surface area contributed by atoms with Gasteiger partial charge >= 0.3 is 0 Å². The summed E-state index contributed by atoms with van der Waals surface area (Å²) < 4.78 is 15.9. The summed E-state index contributed by atoms with van der Waals surface area (Å²) >= 11 is 0. The van der Waals surface area contributed by atoms with Crippen molar-refractivity contribution in [3.63, 3.8) is 0 Å². The molecule has 0 amide bonds. The first-order chi connectivity index (χ1) is 10.7. The lowest BCUT2D eigenvalue weighted by Crippen LogP contribution is -2.03. The molecule has 0 unspecified atom stereocenters. The topological polar surface area (TPSA) is 61.8 Å². The molecule has 0 aliphatic rings. The van der Waals surface area contributed by atoms with Crippen LogP contribution in [0.4, 0.5) is 0 Å². The van der Waals surface area contributed by atoms with Crippen LogP contribution < -0.4 is 19.6 Å². The van der Waals surface area contributed by atoms with Gasteiger partial charge in [0.25, 0.3) is 0 Å². The lowest BCUT2D eigenvalue weighted by Gasteiger charge is -2.11. The number of aldehydes is 1. The summed E-state index contributed by atoms with van der Waals surface area (Å²) in [6.45, 7) is 0. The van der Waals surface area contributed by atoms with Gasteiger partial charge in [-0.3, -0.25) is 9.59 Å². The predicted molar refractivity (Wildman–Crippen MR) is 83.2 cm³/mol. The normalized spacial score (nSPS) is 9.95. The monoisotopic (exact) mass is 300 g/mol. The van der Waals surface area contributed by atoms with E-state index >= 15 is 0 Å². The highest BCUT2D eigenvalue weighted by Gasteiger charge is 2.18. The van der Waals surface area contributed by atoms with Gasteiger partial charge in [0.2, 0.25) is 16.9 Å². The van der Waals surface area contributed by atoms with Crippen molar-refractivity contribution in [2.75, 3.05) is 21.3 Å². The molecule has 0 heterocycles. The number of rotatable bonds is 5. The van der Waals surface area contributed by atoms with Crippen LogP contribution in [0.15, 0.2) is 41.2 Å². The second-order valence-electron chi connectivity index (χ2n) is 4.45. The zero-order valence-electron chi connectivity index (χ0n) is 12.6. The Balaban J connectivity index is 2.84. The largest absolute Gasteiger partial charge is 0.492 e. The Morgan fingerprint density at radius 2 is 1.55 bits per heavy atom.